The van der Waals surface area contributed by atoms with Crippen LogP contribution in [0.4, 0.5) is 25.4 Å². The molecule has 0 radical (unpaired) electrons. The molecule has 1 atom stereocenters. The van der Waals surface area contributed by atoms with Gasteiger partial charge in [-0.3, -0.25) is 9.88 Å². The second kappa shape index (κ2) is 10.9. The molecule has 0 bridgehead atoms. The predicted molar refractivity (Wildman–Crippen MR) is 121 cm³/mol. The van der Waals surface area contributed by atoms with E-state index in [1.54, 1.807) is 42.4 Å². The number of aryl methyl sites for hydroxylation is 1. The maximum absolute atomic E-state index is 14.3. The highest BCUT2D eigenvalue weighted by Gasteiger charge is 2.29. The molecule has 172 valence electrons. The van der Waals surface area contributed by atoms with Gasteiger partial charge in [-0.2, -0.15) is 0 Å². The number of ether oxygens (including phenoxy) is 1. The van der Waals surface area contributed by atoms with Crippen molar-refractivity contribution in [2.45, 2.75) is 39.3 Å². The van der Waals surface area contributed by atoms with Crippen molar-refractivity contribution in [1.82, 2.24) is 14.8 Å². The number of likely N-dealkylation sites (tertiary alicyclic amines) is 1. The molecule has 0 unspecified atom stereocenters. The average molecular weight is 444 g/mol. The Balaban J connectivity index is 1.55. The van der Waals surface area contributed by atoms with Gasteiger partial charge in [-0.05, 0) is 49.6 Å². The number of halogens is 1. The summed E-state index contributed by atoms with van der Waals surface area (Å²) in [4.78, 5) is 32.3. The summed E-state index contributed by atoms with van der Waals surface area (Å²) in [5.41, 5.74) is 2.34. The summed E-state index contributed by atoms with van der Waals surface area (Å²) < 4.78 is 19.5. The predicted octanol–water partition coefficient (Wildman–Crippen LogP) is 4.23. The second-order valence-electron chi connectivity index (χ2n) is 7.98. The Morgan fingerprint density at radius 2 is 2.09 bits per heavy atom. The van der Waals surface area contributed by atoms with Crippen LogP contribution in [0.2, 0.25) is 0 Å². The second-order valence-corrected chi connectivity index (χ2v) is 7.98. The van der Waals surface area contributed by atoms with E-state index in [1.807, 2.05) is 13.8 Å². The van der Waals surface area contributed by atoms with Crippen LogP contribution in [0.3, 0.4) is 0 Å². The molecule has 2 heterocycles. The van der Waals surface area contributed by atoms with Crippen LogP contribution < -0.4 is 10.6 Å². The average Bonchev–Trinajstić information content (AvgIpc) is 3.23. The summed E-state index contributed by atoms with van der Waals surface area (Å²) in [5.74, 6) is -0.511. The van der Waals surface area contributed by atoms with E-state index < -0.39 is 11.8 Å². The van der Waals surface area contributed by atoms with E-state index in [0.29, 0.717) is 25.4 Å². The topological polar surface area (TPSA) is 86.8 Å². The van der Waals surface area contributed by atoms with E-state index in [9.17, 15) is 14.0 Å². The van der Waals surface area contributed by atoms with E-state index in [0.717, 1.165) is 30.6 Å². The SMILES string of the molecule is CCCOC(=O)N(C)[C@@H]1CCN(Cc2ccc(F)c(NC(=O)Nc3ccc(C)nc3)c2)C1. The quantitative estimate of drug-likeness (QED) is 0.669. The number of hydrogen-bond acceptors (Lipinski definition) is 5. The van der Waals surface area contributed by atoms with Crippen molar-refractivity contribution in [2.75, 3.05) is 37.4 Å². The largest absolute Gasteiger partial charge is 0.449 e. The Morgan fingerprint density at radius 3 is 2.81 bits per heavy atom. The summed E-state index contributed by atoms with van der Waals surface area (Å²) in [7, 11) is 1.76. The molecule has 1 saturated heterocycles. The molecular weight excluding hydrogens is 413 g/mol. The van der Waals surface area contributed by atoms with Gasteiger partial charge < -0.3 is 20.3 Å². The summed E-state index contributed by atoms with van der Waals surface area (Å²) >= 11 is 0. The van der Waals surface area contributed by atoms with E-state index >= 15 is 0 Å². The molecule has 3 amide bonds. The van der Waals surface area contributed by atoms with Crippen LogP contribution in [0, 0.1) is 12.7 Å². The number of aromatic nitrogens is 1. The van der Waals surface area contributed by atoms with Crippen LogP contribution in [0.5, 0.6) is 0 Å². The third-order valence-corrected chi connectivity index (χ3v) is 5.37. The zero-order chi connectivity index (χ0) is 23.1. The number of rotatable bonds is 7. The Bertz CT molecular complexity index is 938. The lowest BCUT2D eigenvalue weighted by molar-refractivity contribution is 0.0975. The summed E-state index contributed by atoms with van der Waals surface area (Å²) in [6, 6.07) is 7.73. The highest BCUT2D eigenvalue weighted by molar-refractivity contribution is 5.99. The molecule has 8 nitrogen and oxygen atoms in total. The number of likely N-dealkylation sites (N-methyl/N-ethyl adjacent to an activating group) is 1. The normalized spacial score (nSPS) is 15.9. The van der Waals surface area contributed by atoms with Crippen LogP contribution in [-0.2, 0) is 11.3 Å². The first-order valence-electron chi connectivity index (χ1n) is 10.8. The highest BCUT2D eigenvalue weighted by atomic mass is 19.1. The number of pyridine rings is 1. The van der Waals surface area contributed by atoms with Crippen molar-refractivity contribution in [3.63, 3.8) is 0 Å². The van der Waals surface area contributed by atoms with E-state index in [1.165, 1.54) is 6.07 Å². The molecule has 9 heteroatoms. The fourth-order valence-electron chi connectivity index (χ4n) is 3.56. The van der Waals surface area contributed by atoms with Crippen LogP contribution >= 0.6 is 0 Å². The summed E-state index contributed by atoms with van der Waals surface area (Å²) in [5, 5.41) is 5.20. The Morgan fingerprint density at radius 1 is 1.28 bits per heavy atom. The van der Waals surface area contributed by atoms with Crippen molar-refractivity contribution in [3.05, 3.63) is 53.6 Å². The molecule has 1 fully saturated rings. The standard InChI is InChI=1S/C23H30FN5O3/c1-4-11-32-23(31)28(3)19-9-10-29(15-19)14-17-6-8-20(24)21(12-17)27-22(30)26-18-7-5-16(2)25-13-18/h5-8,12-13,19H,4,9-11,14-15H2,1-3H3,(H2,26,27,30)/t19-/m1/s1. The number of amides is 3. The maximum Gasteiger partial charge on any atom is 0.409 e. The molecule has 0 spiro atoms. The highest BCUT2D eigenvalue weighted by Crippen LogP contribution is 2.22. The molecule has 1 aliphatic rings. The summed E-state index contributed by atoms with van der Waals surface area (Å²) in [6.07, 6.45) is 2.87. The van der Waals surface area contributed by atoms with E-state index in [-0.39, 0.29) is 17.8 Å². The van der Waals surface area contributed by atoms with Crippen LogP contribution in [0.1, 0.15) is 31.0 Å². The molecule has 0 saturated carbocycles. The van der Waals surface area contributed by atoms with Gasteiger partial charge >= 0.3 is 12.1 Å². The van der Waals surface area contributed by atoms with Gasteiger partial charge in [-0.1, -0.05) is 13.0 Å². The van der Waals surface area contributed by atoms with Crippen LogP contribution in [0.15, 0.2) is 36.5 Å². The van der Waals surface area contributed by atoms with Gasteiger partial charge in [0.2, 0.25) is 0 Å². The summed E-state index contributed by atoms with van der Waals surface area (Å²) in [6.45, 7) is 6.34. The number of benzene rings is 1. The number of nitrogens with zero attached hydrogens (tertiary/aromatic N) is 3. The van der Waals surface area contributed by atoms with Crippen molar-refractivity contribution < 1.29 is 18.7 Å². The third kappa shape index (κ3) is 6.40. The maximum atomic E-state index is 14.3. The smallest absolute Gasteiger partial charge is 0.409 e. The van der Waals surface area contributed by atoms with Gasteiger partial charge in [-0.15, -0.1) is 0 Å². The van der Waals surface area contributed by atoms with Gasteiger partial charge in [0.15, 0.2) is 0 Å². The first-order valence-corrected chi connectivity index (χ1v) is 10.8. The van der Waals surface area contributed by atoms with Crippen LogP contribution in [0.25, 0.3) is 0 Å². The lowest BCUT2D eigenvalue weighted by Crippen LogP contribution is -2.39. The zero-order valence-electron chi connectivity index (χ0n) is 18.7. The first kappa shape index (κ1) is 23.5. The molecule has 2 aromatic rings. The fourth-order valence-corrected chi connectivity index (χ4v) is 3.56. The molecular formula is C23H30FN5O3. The van der Waals surface area contributed by atoms with Crippen molar-refractivity contribution in [3.8, 4) is 0 Å². The van der Waals surface area contributed by atoms with Crippen molar-refractivity contribution in [1.29, 1.82) is 0 Å². The molecule has 1 aromatic heterocycles. The Labute approximate surface area is 187 Å². The minimum absolute atomic E-state index is 0.0753. The zero-order valence-corrected chi connectivity index (χ0v) is 18.7. The van der Waals surface area contributed by atoms with E-state index in [4.69, 9.17) is 4.74 Å². The van der Waals surface area contributed by atoms with Gasteiger partial charge in [0.25, 0.3) is 0 Å². The fraction of sp³-hybridized carbons (Fsp3) is 0.435. The number of anilines is 2. The first-order chi connectivity index (χ1) is 15.4. The van der Waals surface area contributed by atoms with E-state index in [2.05, 4.69) is 20.5 Å². The number of urea groups is 1. The minimum Gasteiger partial charge on any atom is -0.449 e. The molecule has 2 N–H and O–H groups in total. The third-order valence-electron chi connectivity index (χ3n) is 5.37. The van der Waals surface area contributed by atoms with Crippen molar-refractivity contribution >= 4 is 23.5 Å². The molecule has 0 aliphatic carbocycles. The number of carbonyl (C=O) groups excluding carboxylic acids is 2. The Hall–Kier alpha value is -3.20. The molecule has 3 rings (SSSR count). The van der Waals surface area contributed by atoms with Gasteiger partial charge in [0, 0.05) is 38.4 Å². The monoisotopic (exact) mass is 443 g/mol. The minimum atomic E-state index is -0.542. The molecule has 32 heavy (non-hydrogen) atoms. The number of carbonyl (C=O) groups is 2. The number of hydrogen-bond donors (Lipinski definition) is 2. The Kier molecular flexibility index (Phi) is 7.99. The number of nitrogens with one attached hydrogen (secondary N) is 2. The van der Waals surface area contributed by atoms with Gasteiger partial charge in [-0.25, -0.2) is 14.0 Å². The molecule has 1 aromatic carbocycles. The van der Waals surface area contributed by atoms with Gasteiger partial charge in [0.1, 0.15) is 5.82 Å². The molecule has 1 aliphatic heterocycles. The van der Waals surface area contributed by atoms with Crippen molar-refractivity contribution in [2.24, 2.45) is 0 Å². The van der Waals surface area contributed by atoms with Gasteiger partial charge in [0.05, 0.1) is 24.2 Å². The lowest BCUT2D eigenvalue weighted by Gasteiger charge is -2.24. The lowest BCUT2D eigenvalue weighted by atomic mass is 10.2. The van der Waals surface area contributed by atoms with Crippen LogP contribution in [-0.4, -0.2) is 59.7 Å².